The Kier molecular flexibility index (Phi) is 6.45. The van der Waals surface area contributed by atoms with E-state index in [1.165, 1.54) is 49.0 Å². The van der Waals surface area contributed by atoms with Crippen LogP contribution in [0.3, 0.4) is 0 Å². The van der Waals surface area contributed by atoms with Crippen LogP contribution in [0.5, 0.6) is 0 Å². The highest BCUT2D eigenvalue weighted by Crippen LogP contribution is 2.24. The van der Waals surface area contributed by atoms with E-state index in [1.807, 2.05) is 0 Å². The van der Waals surface area contributed by atoms with Gasteiger partial charge in [-0.2, -0.15) is 0 Å². The minimum absolute atomic E-state index is 0.827. The number of aromatic nitrogens is 3. The summed E-state index contributed by atoms with van der Waals surface area (Å²) in [5, 5.41) is 10.2. The maximum absolute atomic E-state index is 4.58. The van der Waals surface area contributed by atoms with Gasteiger partial charge in [0, 0.05) is 5.75 Å². The molecule has 2 heterocycles. The van der Waals surface area contributed by atoms with E-state index in [1.54, 1.807) is 11.8 Å². The summed E-state index contributed by atoms with van der Waals surface area (Å²) in [5.41, 5.74) is 3.91. The molecule has 28 heavy (non-hydrogen) atoms. The van der Waals surface area contributed by atoms with Gasteiger partial charge in [0.05, 0.1) is 13.1 Å². The molecular weight excluding hydrogens is 364 g/mol. The van der Waals surface area contributed by atoms with Crippen LogP contribution in [0.2, 0.25) is 0 Å². The zero-order chi connectivity index (χ0) is 19.2. The van der Waals surface area contributed by atoms with Crippen molar-refractivity contribution in [3.05, 3.63) is 77.1 Å². The predicted molar refractivity (Wildman–Crippen MR) is 115 cm³/mol. The van der Waals surface area contributed by atoms with E-state index >= 15 is 0 Å². The average Bonchev–Trinajstić information content (AvgIpc) is 3.10. The van der Waals surface area contributed by atoms with Gasteiger partial charge >= 0.3 is 0 Å². The van der Waals surface area contributed by atoms with Gasteiger partial charge < -0.3 is 4.57 Å². The van der Waals surface area contributed by atoms with E-state index in [-0.39, 0.29) is 0 Å². The third-order valence-corrected chi connectivity index (χ3v) is 6.32. The summed E-state index contributed by atoms with van der Waals surface area (Å²) in [6.45, 7) is 6.19. The fraction of sp³-hybridized carbons (Fsp3) is 0.391. The van der Waals surface area contributed by atoms with Crippen LogP contribution in [0.1, 0.15) is 41.8 Å². The molecule has 1 fully saturated rings. The van der Waals surface area contributed by atoms with Gasteiger partial charge in [0.25, 0.3) is 0 Å². The standard InChI is InChI=1S/C23H28N4S/c1-19-10-12-21(13-11-19)18-28-23-25-24-22(17-26-14-6-3-7-15-26)27(23)16-20-8-4-2-5-9-20/h2,4-5,8-13H,3,6-7,14-18H2,1H3. The van der Waals surface area contributed by atoms with Crippen LogP contribution in [0.4, 0.5) is 0 Å². The van der Waals surface area contributed by atoms with Crippen LogP contribution in [-0.2, 0) is 18.8 Å². The molecule has 1 aliphatic rings. The van der Waals surface area contributed by atoms with Crippen molar-refractivity contribution < 1.29 is 0 Å². The highest BCUT2D eigenvalue weighted by atomic mass is 32.2. The maximum atomic E-state index is 4.58. The first-order chi connectivity index (χ1) is 13.8. The van der Waals surface area contributed by atoms with E-state index in [2.05, 4.69) is 81.2 Å². The largest absolute Gasteiger partial charge is 0.300 e. The van der Waals surface area contributed by atoms with Gasteiger partial charge in [0.15, 0.2) is 5.16 Å². The Bertz CT molecular complexity index is 867. The van der Waals surface area contributed by atoms with Crippen LogP contribution >= 0.6 is 11.8 Å². The molecular formula is C23H28N4S. The van der Waals surface area contributed by atoms with Crippen LogP contribution < -0.4 is 0 Å². The Morgan fingerprint density at radius 2 is 1.57 bits per heavy atom. The van der Waals surface area contributed by atoms with Crippen LogP contribution in [0.25, 0.3) is 0 Å². The van der Waals surface area contributed by atoms with Gasteiger partial charge in [-0.25, -0.2) is 0 Å². The summed E-state index contributed by atoms with van der Waals surface area (Å²) < 4.78 is 2.31. The van der Waals surface area contributed by atoms with Gasteiger partial charge in [-0.3, -0.25) is 4.90 Å². The topological polar surface area (TPSA) is 34.0 Å². The van der Waals surface area contributed by atoms with Crippen molar-refractivity contribution in [3.63, 3.8) is 0 Å². The summed E-state index contributed by atoms with van der Waals surface area (Å²) >= 11 is 1.78. The van der Waals surface area contributed by atoms with Crippen molar-refractivity contribution in [2.75, 3.05) is 13.1 Å². The number of benzene rings is 2. The molecule has 0 radical (unpaired) electrons. The first-order valence-corrected chi connectivity index (χ1v) is 11.1. The molecule has 0 saturated carbocycles. The first kappa shape index (κ1) is 19.2. The minimum Gasteiger partial charge on any atom is -0.300 e. The molecule has 0 amide bonds. The molecule has 0 aliphatic carbocycles. The number of nitrogens with zero attached hydrogens (tertiary/aromatic N) is 4. The zero-order valence-corrected chi connectivity index (χ0v) is 17.4. The van der Waals surface area contributed by atoms with Crippen molar-refractivity contribution >= 4 is 11.8 Å². The van der Waals surface area contributed by atoms with E-state index < -0.39 is 0 Å². The SMILES string of the molecule is Cc1ccc(CSc2nnc(CN3CCCCC3)n2Cc2ccccc2)cc1. The Morgan fingerprint density at radius 1 is 0.821 bits per heavy atom. The molecule has 0 spiro atoms. The monoisotopic (exact) mass is 392 g/mol. The third-order valence-electron chi connectivity index (χ3n) is 5.28. The lowest BCUT2D eigenvalue weighted by Crippen LogP contribution is -2.30. The summed E-state index contributed by atoms with van der Waals surface area (Å²) in [7, 11) is 0. The highest BCUT2D eigenvalue weighted by Gasteiger charge is 2.18. The van der Waals surface area contributed by atoms with Crippen LogP contribution in [-0.4, -0.2) is 32.8 Å². The second-order valence-corrected chi connectivity index (χ2v) is 8.52. The molecule has 0 N–H and O–H groups in total. The minimum atomic E-state index is 0.827. The van der Waals surface area contributed by atoms with Crippen LogP contribution in [0, 0.1) is 6.92 Å². The molecule has 1 aromatic heterocycles. The van der Waals surface area contributed by atoms with Crippen molar-refractivity contribution in [1.29, 1.82) is 0 Å². The number of aryl methyl sites for hydroxylation is 1. The van der Waals surface area contributed by atoms with E-state index in [0.717, 1.165) is 29.8 Å². The van der Waals surface area contributed by atoms with E-state index in [9.17, 15) is 0 Å². The Balaban J connectivity index is 1.52. The lowest BCUT2D eigenvalue weighted by Gasteiger charge is -2.26. The third kappa shape index (κ3) is 5.03. The lowest BCUT2D eigenvalue weighted by molar-refractivity contribution is 0.213. The summed E-state index contributed by atoms with van der Waals surface area (Å²) in [6, 6.07) is 19.4. The number of hydrogen-bond acceptors (Lipinski definition) is 4. The fourth-order valence-electron chi connectivity index (χ4n) is 3.62. The lowest BCUT2D eigenvalue weighted by atomic mass is 10.1. The number of thioether (sulfide) groups is 1. The number of hydrogen-bond donors (Lipinski definition) is 0. The quantitative estimate of drug-likeness (QED) is 0.535. The Hall–Kier alpha value is -2.11. The smallest absolute Gasteiger partial charge is 0.191 e. The molecule has 1 saturated heterocycles. The highest BCUT2D eigenvalue weighted by molar-refractivity contribution is 7.98. The van der Waals surface area contributed by atoms with Gasteiger partial charge in [0.1, 0.15) is 5.82 Å². The first-order valence-electron chi connectivity index (χ1n) is 10.1. The van der Waals surface area contributed by atoms with Crippen LogP contribution in [0.15, 0.2) is 59.8 Å². The normalized spacial score (nSPS) is 15.0. The van der Waals surface area contributed by atoms with E-state index in [4.69, 9.17) is 0 Å². The summed E-state index contributed by atoms with van der Waals surface area (Å²) in [4.78, 5) is 2.52. The number of rotatable bonds is 7. The molecule has 0 unspecified atom stereocenters. The average molecular weight is 393 g/mol. The van der Waals surface area contributed by atoms with Crippen molar-refractivity contribution in [2.24, 2.45) is 0 Å². The van der Waals surface area contributed by atoms with E-state index in [0.29, 0.717) is 0 Å². The van der Waals surface area contributed by atoms with Gasteiger partial charge in [-0.05, 0) is 44.0 Å². The molecule has 5 heteroatoms. The molecule has 4 nitrogen and oxygen atoms in total. The zero-order valence-electron chi connectivity index (χ0n) is 16.6. The predicted octanol–water partition coefficient (Wildman–Crippen LogP) is 4.91. The second-order valence-electron chi connectivity index (χ2n) is 7.58. The molecule has 0 atom stereocenters. The van der Waals surface area contributed by atoms with Crippen molar-refractivity contribution in [3.8, 4) is 0 Å². The Morgan fingerprint density at radius 3 is 2.32 bits per heavy atom. The second kappa shape index (κ2) is 9.39. The molecule has 4 rings (SSSR count). The Labute approximate surface area is 172 Å². The summed E-state index contributed by atoms with van der Waals surface area (Å²) in [6.07, 6.45) is 3.94. The maximum Gasteiger partial charge on any atom is 0.191 e. The van der Waals surface area contributed by atoms with Crippen molar-refractivity contribution in [1.82, 2.24) is 19.7 Å². The number of piperidine rings is 1. The van der Waals surface area contributed by atoms with Crippen molar-refractivity contribution in [2.45, 2.75) is 50.2 Å². The molecule has 2 aromatic carbocycles. The van der Waals surface area contributed by atoms with Gasteiger partial charge in [0.2, 0.25) is 0 Å². The fourth-order valence-corrected chi connectivity index (χ4v) is 4.53. The summed E-state index contributed by atoms with van der Waals surface area (Å²) in [5.74, 6) is 1.99. The van der Waals surface area contributed by atoms with Gasteiger partial charge in [-0.1, -0.05) is 78.3 Å². The molecule has 146 valence electrons. The molecule has 0 bridgehead atoms. The molecule has 1 aliphatic heterocycles. The molecule has 3 aromatic rings. The number of likely N-dealkylation sites (tertiary alicyclic amines) is 1. The van der Waals surface area contributed by atoms with Gasteiger partial charge in [-0.15, -0.1) is 10.2 Å².